The van der Waals surface area contributed by atoms with E-state index in [9.17, 15) is 0 Å². The largest absolute Gasteiger partial charge is 0.381 e. The molecule has 0 aromatic rings. The van der Waals surface area contributed by atoms with Gasteiger partial charge in [-0.1, -0.05) is 0 Å². The Morgan fingerprint density at radius 1 is 1.47 bits per heavy atom. The molecule has 0 radical (unpaired) electrons. The maximum absolute atomic E-state index is 6.09. The molecule has 0 bridgehead atoms. The predicted octanol–water partition coefficient (Wildman–Crippen LogP) is 3.23. The van der Waals surface area contributed by atoms with E-state index in [-0.39, 0.29) is 11.0 Å². The van der Waals surface area contributed by atoms with Gasteiger partial charge in [-0.15, -0.1) is 11.6 Å². The topological polar surface area (TPSA) is 18.5 Å². The molecule has 1 fully saturated rings. The predicted molar refractivity (Wildman–Crippen MR) is 63.5 cm³/mol. The number of halogens is 1. The average Bonchev–Trinajstić information content (AvgIpc) is 2.28. The summed E-state index contributed by atoms with van der Waals surface area (Å²) in [5, 5.41) is 0. The zero-order valence-electron chi connectivity index (χ0n) is 10.1. The third kappa shape index (κ3) is 3.93. The maximum atomic E-state index is 6.09. The van der Waals surface area contributed by atoms with Crippen molar-refractivity contribution in [1.29, 1.82) is 0 Å². The lowest BCUT2D eigenvalue weighted by Crippen LogP contribution is -2.36. The molecule has 1 aliphatic heterocycles. The highest BCUT2D eigenvalue weighted by atomic mass is 35.5. The van der Waals surface area contributed by atoms with Gasteiger partial charge in [-0.25, -0.2) is 0 Å². The van der Waals surface area contributed by atoms with Crippen LogP contribution in [0.3, 0.4) is 0 Å². The Balaban J connectivity index is 2.45. The highest BCUT2D eigenvalue weighted by Gasteiger charge is 2.33. The maximum Gasteiger partial charge on any atom is 0.0623 e. The van der Waals surface area contributed by atoms with Crippen molar-refractivity contribution in [1.82, 2.24) is 0 Å². The molecule has 0 amide bonds. The quantitative estimate of drug-likeness (QED) is 0.680. The van der Waals surface area contributed by atoms with Gasteiger partial charge >= 0.3 is 0 Å². The van der Waals surface area contributed by atoms with Crippen LogP contribution in [0.1, 0.15) is 39.5 Å². The van der Waals surface area contributed by atoms with E-state index in [2.05, 4.69) is 13.8 Å². The standard InChI is InChI=1S/C12H23ClO2/c1-11(2,14-3)6-7-12(9-13)5-4-8-15-10-12/h4-10H2,1-3H3. The molecule has 0 saturated carbocycles. The van der Waals surface area contributed by atoms with E-state index in [1.165, 1.54) is 6.42 Å². The molecule has 1 rings (SSSR count). The summed E-state index contributed by atoms with van der Waals surface area (Å²) in [5.41, 5.74) is 0.145. The molecule has 0 aromatic heterocycles. The number of ether oxygens (including phenoxy) is 2. The molecule has 1 aliphatic rings. The molecule has 3 heteroatoms. The second-order valence-corrected chi connectivity index (χ2v) is 5.52. The first-order valence-electron chi connectivity index (χ1n) is 5.72. The fraction of sp³-hybridized carbons (Fsp3) is 1.00. The van der Waals surface area contributed by atoms with Gasteiger partial charge in [-0.2, -0.15) is 0 Å². The average molecular weight is 235 g/mol. The number of methoxy groups -OCH3 is 1. The van der Waals surface area contributed by atoms with Crippen LogP contribution in [0.25, 0.3) is 0 Å². The Morgan fingerprint density at radius 2 is 2.20 bits per heavy atom. The van der Waals surface area contributed by atoms with Crippen molar-refractivity contribution in [3.63, 3.8) is 0 Å². The van der Waals surface area contributed by atoms with Crippen LogP contribution in [-0.2, 0) is 9.47 Å². The van der Waals surface area contributed by atoms with Crippen LogP contribution in [-0.4, -0.2) is 31.8 Å². The van der Waals surface area contributed by atoms with Crippen LogP contribution in [0.5, 0.6) is 0 Å². The van der Waals surface area contributed by atoms with Gasteiger partial charge in [-0.3, -0.25) is 0 Å². The smallest absolute Gasteiger partial charge is 0.0623 e. The normalized spacial score (nSPS) is 28.0. The first-order valence-corrected chi connectivity index (χ1v) is 6.26. The first-order chi connectivity index (χ1) is 7.04. The van der Waals surface area contributed by atoms with Crippen molar-refractivity contribution in [2.24, 2.45) is 5.41 Å². The van der Waals surface area contributed by atoms with E-state index in [0.29, 0.717) is 5.88 Å². The molecule has 15 heavy (non-hydrogen) atoms. The summed E-state index contributed by atoms with van der Waals surface area (Å²) in [6, 6.07) is 0. The Bertz CT molecular complexity index is 186. The molecule has 1 atom stereocenters. The van der Waals surface area contributed by atoms with Gasteiger partial charge in [0.25, 0.3) is 0 Å². The van der Waals surface area contributed by atoms with E-state index in [0.717, 1.165) is 32.5 Å². The van der Waals surface area contributed by atoms with Crippen molar-refractivity contribution < 1.29 is 9.47 Å². The number of hydrogen-bond acceptors (Lipinski definition) is 2. The molecule has 90 valence electrons. The lowest BCUT2D eigenvalue weighted by atomic mass is 9.78. The zero-order valence-corrected chi connectivity index (χ0v) is 10.9. The van der Waals surface area contributed by atoms with Crippen LogP contribution < -0.4 is 0 Å². The molecule has 1 unspecified atom stereocenters. The first kappa shape index (κ1) is 13.3. The van der Waals surface area contributed by atoms with Gasteiger partial charge in [-0.05, 0) is 39.5 Å². The summed E-state index contributed by atoms with van der Waals surface area (Å²) in [4.78, 5) is 0. The minimum atomic E-state index is -0.0451. The molecule has 0 aliphatic carbocycles. The van der Waals surface area contributed by atoms with Gasteiger partial charge < -0.3 is 9.47 Å². The molecule has 2 nitrogen and oxygen atoms in total. The van der Waals surface area contributed by atoms with Crippen LogP contribution >= 0.6 is 11.6 Å². The van der Waals surface area contributed by atoms with Crippen molar-refractivity contribution in [3.05, 3.63) is 0 Å². The van der Waals surface area contributed by atoms with E-state index < -0.39 is 0 Å². The highest BCUT2D eigenvalue weighted by molar-refractivity contribution is 6.18. The minimum Gasteiger partial charge on any atom is -0.381 e. The van der Waals surface area contributed by atoms with Gasteiger partial charge in [0, 0.05) is 25.0 Å². The summed E-state index contributed by atoms with van der Waals surface area (Å²) in [7, 11) is 1.77. The fourth-order valence-corrected chi connectivity index (χ4v) is 2.29. The van der Waals surface area contributed by atoms with E-state index in [1.54, 1.807) is 7.11 Å². The Labute approximate surface area is 98.3 Å². The fourth-order valence-electron chi connectivity index (χ4n) is 1.95. The lowest BCUT2D eigenvalue weighted by Gasteiger charge is -2.37. The Morgan fingerprint density at radius 3 is 2.67 bits per heavy atom. The van der Waals surface area contributed by atoms with Crippen LogP contribution in [0.2, 0.25) is 0 Å². The monoisotopic (exact) mass is 234 g/mol. The second-order valence-electron chi connectivity index (χ2n) is 5.25. The third-order valence-electron chi connectivity index (χ3n) is 3.50. The van der Waals surface area contributed by atoms with Crippen molar-refractivity contribution in [3.8, 4) is 0 Å². The molecular weight excluding hydrogens is 212 g/mol. The summed E-state index contributed by atoms with van der Waals surface area (Å²) in [5.74, 6) is 0.701. The van der Waals surface area contributed by atoms with Gasteiger partial charge in [0.2, 0.25) is 0 Å². The molecular formula is C12H23ClO2. The molecule has 0 spiro atoms. The van der Waals surface area contributed by atoms with Gasteiger partial charge in [0.05, 0.1) is 12.2 Å². The Hall–Kier alpha value is 0.210. The SMILES string of the molecule is COC(C)(C)CCC1(CCl)CCCOC1. The number of alkyl halides is 1. The summed E-state index contributed by atoms with van der Waals surface area (Å²) < 4.78 is 11.0. The summed E-state index contributed by atoms with van der Waals surface area (Å²) in [6.07, 6.45) is 4.47. The van der Waals surface area contributed by atoms with Crippen molar-refractivity contribution in [2.45, 2.75) is 45.1 Å². The van der Waals surface area contributed by atoms with Crippen LogP contribution in [0.4, 0.5) is 0 Å². The Kier molecular flexibility index (Phi) is 4.88. The third-order valence-corrected chi connectivity index (χ3v) is 4.06. The zero-order chi connectivity index (χ0) is 11.4. The minimum absolute atomic E-state index is 0.0451. The van der Waals surface area contributed by atoms with E-state index in [4.69, 9.17) is 21.1 Å². The second kappa shape index (κ2) is 5.51. The molecule has 0 aromatic carbocycles. The number of hydrogen-bond donors (Lipinski definition) is 0. The van der Waals surface area contributed by atoms with E-state index >= 15 is 0 Å². The molecule has 1 saturated heterocycles. The molecule has 1 heterocycles. The highest BCUT2D eigenvalue weighted by Crippen LogP contribution is 2.36. The summed E-state index contributed by atoms with van der Waals surface area (Å²) in [6.45, 7) is 5.96. The van der Waals surface area contributed by atoms with Gasteiger partial charge in [0.1, 0.15) is 0 Å². The van der Waals surface area contributed by atoms with Crippen molar-refractivity contribution in [2.75, 3.05) is 26.2 Å². The number of rotatable bonds is 5. The van der Waals surface area contributed by atoms with E-state index in [1.807, 2.05) is 0 Å². The van der Waals surface area contributed by atoms with Crippen LogP contribution in [0, 0.1) is 5.41 Å². The lowest BCUT2D eigenvalue weighted by molar-refractivity contribution is -0.0304. The van der Waals surface area contributed by atoms with Crippen molar-refractivity contribution >= 4 is 11.6 Å². The van der Waals surface area contributed by atoms with Crippen LogP contribution in [0.15, 0.2) is 0 Å². The van der Waals surface area contributed by atoms with Gasteiger partial charge in [0.15, 0.2) is 0 Å². The molecule has 0 N–H and O–H groups in total. The summed E-state index contributed by atoms with van der Waals surface area (Å²) >= 11 is 6.09.